The molecule has 0 spiro atoms. The number of nitrogens with two attached hydrogens (primary N) is 1. The molecule has 1 saturated heterocycles. The molecule has 9 nitrogen and oxygen atoms in total. The van der Waals surface area contributed by atoms with Crippen LogP contribution in [-0.2, 0) is 14.3 Å². The second kappa shape index (κ2) is 35.3. The van der Waals surface area contributed by atoms with E-state index in [9.17, 15) is 25.2 Å². The SMILES string of the molecule is CC#CC#CC#CC#CC#CC#CC#CC#CC#CC#CC#CC#CC(=O)N[C@@H](CO[C@H]1OC(CO)[C@H](O)[C@H](O)C1O)[C@H](N)CCCCCCCCCCCCCC. The van der Waals surface area contributed by atoms with Gasteiger partial charge in [-0.3, -0.25) is 4.79 Å². The van der Waals surface area contributed by atoms with E-state index in [4.69, 9.17) is 15.2 Å². The number of rotatable bonds is 19. The molecule has 1 heterocycles. The third-order valence-corrected chi connectivity index (χ3v) is 8.13. The molecule has 0 radical (unpaired) electrons. The molecule has 0 aromatic heterocycles. The summed E-state index contributed by atoms with van der Waals surface area (Å²) < 4.78 is 11.1. The summed E-state index contributed by atoms with van der Waals surface area (Å²) in [7, 11) is 0. The number of ether oxygens (including phenoxy) is 2. The van der Waals surface area contributed by atoms with Crippen LogP contribution in [0.15, 0.2) is 0 Å². The van der Waals surface area contributed by atoms with Crippen molar-refractivity contribution in [2.45, 2.75) is 140 Å². The van der Waals surface area contributed by atoms with Gasteiger partial charge in [0.2, 0.25) is 0 Å². The summed E-state index contributed by atoms with van der Waals surface area (Å²) in [5, 5.41) is 42.8. The molecule has 0 bridgehead atoms. The van der Waals surface area contributed by atoms with E-state index in [0.717, 1.165) is 25.7 Å². The van der Waals surface area contributed by atoms with E-state index in [2.05, 4.69) is 154 Å². The van der Waals surface area contributed by atoms with Crippen molar-refractivity contribution in [1.29, 1.82) is 0 Å². The Kier molecular flexibility index (Phi) is 30.4. The number of unbranched alkanes of at least 4 members (excludes halogenated alkanes) is 11. The number of aliphatic hydroxyl groups is 4. The first kappa shape index (κ1) is 49.9. The minimum absolute atomic E-state index is 0.193. The maximum Gasteiger partial charge on any atom is 0.297 e. The van der Waals surface area contributed by atoms with Crippen LogP contribution in [0.25, 0.3) is 0 Å². The molecule has 2 unspecified atom stereocenters. The van der Waals surface area contributed by atoms with E-state index in [1.807, 2.05) is 0 Å². The van der Waals surface area contributed by atoms with Gasteiger partial charge in [0.05, 0.1) is 19.3 Å². The van der Waals surface area contributed by atoms with Gasteiger partial charge in [-0.05, 0) is 108 Å². The van der Waals surface area contributed by atoms with Gasteiger partial charge < -0.3 is 41.0 Å². The highest BCUT2D eigenvalue weighted by molar-refractivity contribution is 5.94. The van der Waals surface area contributed by atoms with Gasteiger partial charge in [-0.1, -0.05) is 89.9 Å². The third-order valence-electron chi connectivity index (χ3n) is 8.13. The van der Waals surface area contributed by atoms with Gasteiger partial charge >= 0.3 is 0 Å². The number of nitrogens with one attached hydrogen (secondary N) is 1. The highest BCUT2D eigenvalue weighted by Gasteiger charge is 2.44. The van der Waals surface area contributed by atoms with Crippen LogP contribution in [0.3, 0.4) is 0 Å². The lowest BCUT2D eigenvalue weighted by Gasteiger charge is -2.40. The first-order chi connectivity index (χ1) is 28.3. The molecule has 0 aromatic rings. The second-order valence-electron chi connectivity index (χ2n) is 12.6. The molecule has 1 aliphatic rings. The molecule has 0 aliphatic carbocycles. The zero-order chi connectivity index (χ0) is 42.3. The minimum Gasteiger partial charge on any atom is -0.394 e. The average Bonchev–Trinajstić information content (AvgIpc) is 3.22. The summed E-state index contributed by atoms with van der Waals surface area (Å²) in [4.78, 5) is 12.7. The van der Waals surface area contributed by atoms with Crippen molar-refractivity contribution in [2.75, 3.05) is 13.2 Å². The van der Waals surface area contributed by atoms with Crippen molar-refractivity contribution < 1.29 is 34.7 Å². The maximum absolute atomic E-state index is 12.7. The summed E-state index contributed by atoms with van der Waals surface area (Å²) in [5.41, 5.74) is 6.49. The number of amides is 1. The maximum atomic E-state index is 12.7. The first-order valence-corrected chi connectivity index (χ1v) is 19.3. The van der Waals surface area contributed by atoms with Gasteiger partial charge in [0.15, 0.2) is 6.29 Å². The molecule has 0 aromatic carbocycles. The highest BCUT2D eigenvalue weighted by Crippen LogP contribution is 2.22. The van der Waals surface area contributed by atoms with E-state index in [0.29, 0.717) is 6.42 Å². The van der Waals surface area contributed by atoms with Crippen LogP contribution in [0, 0.1) is 142 Å². The largest absolute Gasteiger partial charge is 0.394 e. The van der Waals surface area contributed by atoms with Crippen LogP contribution in [0.2, 0.25) is 0 Å². The number of hydrogen-bond acceptors (Lipinski definition) is 8. The molecular weight excluding hydrogens is 729 g/mol. The summed E-state index contributed by atoms with van der Waals surface area (Å²) in [6.07, 6.45) is 7.74. The first-order valence-electron chi connectivity index (χ1n) is 19.3. The van der Waals surface area contributed by atoms with Gasteiger partial charge in [0.1, 0.15) is 24.4 Å². The molecule has 9 heteroatoms. The lowest BCUT2D eigenvalue weighted by atomic mass is 9.99. The fourth-order valence-corrected chi connectivity index (χ4v) is 5.08. The topological polar surface area (TPSA) is 155 Å². The van der Waals surface area contributed by atoms with Crippen molar-refractivity contribution in [3.05, 3.63) is 0 Å². The van der Waals surface area contributed by atoms with E-state index >= 15 is 0 Å². The zero-order valence-electron chi connectivity index (χ0n) is 33.2. The van der Waals surface area contributed by atoms with Crippen LogP contribution in [0.1, 0.15) is 97.3 Å². The molecule has 0 saturated carbocycles. The van der Waals surface area contributed by atoms with Gasteiger partial charge in [-0.15, -0.1) is 0 Å². The third kappa shape index (κ3) is 25.9. The molecular formula is C49H50N2O7. The normalized spacial score (nSPS) is 17.4. The van der Waals surface area contributed by atoms with Crippen LogP contribution in [-0.4, -0.2) is 82.3 Å². The van der Waals surface area contributed by atoms with Crippen LogP contribution in [0.4, 0.5) is 0 Å². The lowest BCUT2D eigenvalue weighted by Crippen LogP contribution is -2.60. The molecule has 7 atom stereocenters. The van der Waals surface area contributed by atoms with Crippen molar-refractivity contribution >= 4 is 5.91 Å². The average molecular weight is 779 g/mol. The smallest absolute Gasteiger partial charge is 0.297 e. The van der Waals surface area contributed by atoms with Crippen LogP contribution in [0.5, 0.6) is 0 Å². The Morgan fingerprint density at radius 3 is 1.41 bits per heavy atom. The van der Waals surface area contributed by atoms with Gasteiger partial charge in [-0.25, -0.2) is 0 Å². The molecule has 1 rings (SSSR count). The molecule has 1 aliphatic heterocycles. The predicted molar refractivity (Wildman–Crippen MR) is 224 cm³/mol. The Morgan fingerprint density at radius 1 is 0.603 bits per heavy atom. The number of carbonyl (C=O) groups is 1. The Morgan fingerprint density at radius 2 is 1.00 bits per heavy atom. The summed E-state index contributed by atoms with van der Waals surface area (Å²) in [6.45, 7) is 3.11. The quantitative estimate of drug-likeness (QED) is 0.0858. The number of aliphatic hydroxyl groups excluding tert-OH is 4. The molecule has 58 heavy (non-hydrogen) atoms. The van der Waals surface area contributed by atoms with Crippen molar-refractivity contribution in [3.63, 3.8) is 0 Å². The lowest BCUT2D eigenvalue weighted by molar-refractivity contribution is -0.302. The van der Waals surface area contributed by atoms with Crippen LogP contribution < -0.4 is 11.1 Å². The zero-order valence-corrected chi connectivity index (χ0v) is 33.2. The summed E-state index contributed by atoms with van der Waals surface area (Å²) in [6, 6.07) is -1.26. The Balaban J connectivity index is 2.68. The summed E-state index contributed by atoms with van der Waals surface area (Å²) >= 11 is 0. The molecule has 1 amide bonds. The predicted octanol–water partition coefficient (Wildman–Crippen LogP) is 1.77. The fraction of sp³-hybridized carbons (Fsp3) is 0.490. The van der Waals surface area contributed by atoms with E-state index in [-0.39, 0.29) is 6.61 Å². The van der Waals surface area contributed by atoms with E-state index < -0.39 is 55.3 Å². The van der Waals surface area contributed by atoms with Crippen molar-refractivity contribution in [2.24, 2.45) is 5.73 Å². The number of carbonyl (C=O) groups excluding carboxylic acids is 1. The molecule has 1 fully saturated rings. The Hall–Kier alpha value is -6.09. The van der Waals surface area contributed by atoms with E-state index in [1.54, 1.807) is 6.92 Å². The Labute approximate surface area is 346 Å². The fourth-order valence-electron chi connectivity index (χ4n) is 5.08. The summed E-state index contributed by atoms with van der Waals surface area (Å²) in [5.74, 6) is 59.3. The van der Waals surface area contributed by atoms with E-state index in [1.165, 1.54) is 51.4 Å². The van der Waals surface area contributed by atoms with Gasteiger partial charge in [-0.2, -0.15) is 0 Å². The Bertz CT molecular complexity index is 2090. The van der Waals surface area contributed by atoms with Gasteiger partial charge in [0.25, 0.3) is 5.91 Å². The number of hydrogen-bond donors (Lipinski definition) is 6. The molecule has 298 valence electrons. The van der Waals surface area contributed by atoms with Crippen LogP contribution >= 0.6 is 0 Å². The second-order valence-corrected chi connectivity index (χ2v) is 12.6. The van der Waals surface area contributed by atoms with Crippen molar-refractivity contribution in [3.8, 4) is 142 Å². The molecule has 7 N–H and O–H groups in total. The highest BCUT2D eigenvalue weighted by atomic mass is 16.7. The standard InChI is InChI=1S/C49H50N2O7/c1-3-5-7-9-11-13-15-17-18-19-20-21-22-23-24-25-26-27-29-31-33-35-37-39-45(53)51-43(41-57-49-48(56)47(55)46(54)44(40-52)58-49)42(50)38-36-34-32-30-28-16-14-12-10-8-6-4-2/h42-44,46-49,52,54-56H,4,6,8,10,12,14,16,28,30,32,34,36,38,40-41,50H2,1-2H3,(H,51,53)/t42-,43+,44?,46+,47+,48?,49+/m1/s1. The van der Waals surface area contributed by atoms with Gasteiger partial charge in [0, 0.05) is 47.5 Å². The van der Waals surface area contributed by atoms with Crippen molar-refractivity contribution in [1.82, 2.24) is 5.32 Å². The monoisotopic (exact) mass is 778 g/mol. The minimum atomic E-state index is -1.60.